The van der Waals surface area contributed by atoms with Gasteiger partial charge in [0.25, 0.3) is 5.91 Å². The number of pyridine rings is 1. The van der Waals surface area contributed by atoms with Gasteiger partial charge in [-0.15, -0.1) is 0 Å². The number of benzene rings is 3. The molecule has 1 heterocycles. The Morgan fingerprint density at radius 2 is 1.68 bits per heavy atom. The number of fused-ring (bicyclic) bond motifs is 2. The summed E-state index contributed by atoms with van der Waals surface area (Å²) in [5, 5.41) is 15.1. The molecule has 0 saturated heterocycles. The van der Waals surface area contributed by atoms with Crippen LogP contribution in [0.1, 0.15) is 15.9 Å². The molecular formula is C23H18N2O3. The van der Waals surface area contributed by atoms with E-state index < -0.39 is 17.9 Å². The molecule has 3 aromatic carbocycles. The van der Waals surface area contributed by atoms with Gasteiger partial charge in [-0.2, -0.15) is 0 Å². The van der Waals surface area contributed by atoms with E-state index in [1.54, 1.807) is 18.3 Å². The van der Waals surface area contributed by atoms with Crippen LogP contribution in [0, 0.1) is 0 Å². The maximum atomic E-state index is 12.8. The van der Waals surface area contributed by atoms with Gasteiger partial charge >= 0.3 is 5.97 Å². The van der Waals surface area contributed by atoms with Gasteiger partial charge in [-0.05, 0) is 28.5 Å². The Hall–Kier alpha value is -3.73. The molecule has 4 rings (SSSR count). The van der Waals surface area contributed by atoms with E-state index in [4.69, 9.17) is 0 Å². The van der Waals surface area contributed by atoms with Gasteiger partial charge in [0, 0.05) is 18.0 Å². The highest BCUT2D eigenvalue weighted by atomic mass is 16.4. The van der Waals surface area contributed by atoms with Gasteiger partial charge in [0.2, 0.25) is 0 Å². The Labute approximate surface area is 161 Å². The molecule has 1 amide bonds. The highest BCUT2D eigenvalue weighted by molar-refractivity contribution is 6.07. The van der Waals surface area contributed by atoms with Gasteiger partial charge in [0.1, 0.15) is 6.04 Å². The molecule has 0 aliphatic heterocycles. The molecule has 0 bridgehead atoms. The van der Waals surface area contributed by atoms with E-state index in [0.717, 1.165) is 16.3 Å². The van der Waals surface area contributed by atoms with E-state index >= 15 is 0 Å². The summed E-state index contributed by atoms with van der Waals surface area (Å²) in [4.78, 5) is 28.8. The minimum Gasteiger partial charge on any atom is -0.480 e. The van der Waals surface area contributed by atoms with Gasteiger partial charge in [-0.25, -0.2) is 4.79 Å². The fourth-order valence-electron chi connectivity index (χ4n) is 3.33. The van der Waals surface area contributed by atoms with Crippen molar-refractivity contribution in [3.63, 3.8) is 0 Å². The first kappa shape index (κ1) is 17.7. The third kappa shape index (κ3) is 3.55. The number of para-hydroxylation sites is 1. The zero-order valence-corrected chi connectivity index (χ0v) is 15.0. The average molecular weight is 370 g/mol. The predicted octanol–water partition coefficient (Wildman–Crippen LogP) is 3.81. The minimum atomic E-state index is -1.07. The molecule has 0 radical (unpaired) electrons. The molecule has 28 heavy (non-hydrogen) atoms. The largest absolute Gasteiger partial charge is 0.480 e. The third-order valence-corrected chi connectivity index (χ3v) is 4.75. The zero-order valence-electron chi connectivity index (χ0n) is 15.0. The number of amides is 1. The van der Waals surface area contributed by atoms with E-state index in [-0.39, 0.29) is 6.42 Å². The standard InChI is InChI=1S/C23H18N2O3/c26-22(19-11-12-24-20-8-4-3-7-18(19)20)25-21(23(27)28)14-15-9-10-16-5-1-2-6-17(16)13-15/h1-13,21H,14H2,(H,25,26)(H,27,28)/t21-/m1/s1. The lowest BCUT2D eigenvalue weighted by molar-refractivity contribution is -0.139. The monoisotopic (exact) mass is 370 g/mol. The van der Waals surface area contributed by atoms with Gasteiger partial charge in [-0.3, -0.25) is 9.78 Å². The van der Waals surface area contributed by atoms with Crippen molar-refractivity contribution in [2.75, 3.05) is 0 Å². The predicted molar refractivity (Wildman–Crippen MR) is 108 cm³/mol. The molecule has 2 N–H and O–H groups in total. The minimum absolute atomic E-state index is 0.203. The van der Waals surface area contributed by atoms with Crippen molar-refractivity contribution in [1.82, 2.24) is 10.3 Å². The molecule has 0 spiro atoms. The second-order valence-electron chi connectivity index (χ2n) is 6.63. The molecular weight excluding hydrogens is 352 g/mol. The van der Waals surface area contributed by atoms with Gasteiger partial charge < -0.3 is 10.4 Å². The van der Waals surface area contributed by atoms with Crippen molar-refractivity contribution >= 4 is 33.6 Å². The Balaban J connectivity index is 1.59. The van der Waals surface area contributed by atoms with Gasteiger partial charge in [0.05, 0.1) is 11.1 Å². The van der Waals surface area contributed by atoms with Crippen LogP contribution in [-0.4, -0.2) is 28.0 Å². The molecule has 0 saturated carbocycles. The van der Waals surface area contributed by atoms with Crippen LogP contribution in [-0.2, 0) is 11.2 Å². The lowest BCUT2D eigenvalue weighted by Gasteiger charge is -2.16. The van der Waals surface area contributed by atoms with Crippen molar-refractivity contribution in [1.29, 1.82) is 0 Å². The third-order valence-electron chi connectivity index (χ3n) is 4.75. The molecule has 1 aromatic heterocycles. The smallest absolute Gasteiger partial charge is 0.326 e. The maximum Gasteiger partial charge on any atom is 0.326 e. The van der Waals surface area contributed by atoms with E-state index in [1.807, 2.05) is 60.7 Å². The molecule has 0 aliphatic rings. The summed E-state index contributed by atoms with van der Waals surface area (Å²) >= 11 is 0. The molecule has 5 heteroatoms. The number of aliphatic carboxylic acids is 1. The summed E-state index contributed by atoms with van der Waals surface area (Å²) in [5.41, 5.74) is 1.96. The Morgan fingerprint density at radius 3 is 2.50 bits per heavy atom. The number of hydrogen-bond donors (Lipinski definition) is 2. The molecule has 0 aliphatic carbocycles. The normalized spacial score (nSPS) is 12.0. The molecule has 138 valence electrons. The molecule has 5 nitrogen and oxygen atoms in total. The number of carbonyl (C=O) groups excluding carboxylic acids is 1. The van der Waals surface area contributed by atoms with Crippen molar-refractivity contribution in [3.05, 3.63) is 90.1 Å². The lowest BCUT2D eigenvalue weighted by Crippen LogP contribution is -2.42. The Bertz CT molecular complexity index is 1180. The van der Waals surface area contributed by atoms with Crippen LogP contribution >= 0.6 is 0 Å². The van der Waals surface area contributed by atoms with Crippen LogP contribution in [0.5, 0.6) is 0 Å². The number of nitrogens with zero attached hydrogens (tertiary/aromatic N) is 1. The maximum absolute atomic E-state index is 12.8. The fraction of sp³-hybridized carbons (Fsp3) is 0.0870. The number of hydrogen-bond acceptors (Lipinski definition) is 3. The summed E-state index contributed by atoms with van der Waals surface area (Å²) < 4.78 is 0. The summed E-state index contributed by atoms with van der Waals surface area (Å²) in [7, 11) is 0. The van der Waals surface area contributed by atoms with Gasteiger partial charge in [0.15, 0.2) is 0 Å². The summed E-state index contributed by atoms with van der Waals surface area (Å²) in [6, 6.07) is 21.6. The average Bonchev–Trinajstić information content (AvgIpc) is 2.72. The van der Waals surface area contributed by atoms with Crippen molar-refractivity contribution in [2.24, 2.45) is 0 Å². The highest BCUT2D eigenvalue weighted by Gasteiger charge is 2.22. The van der Waals surface area contributed by atoms with Crippen molar-refractivity contribution in [3.8, 4) is 0 Å². The van der Waals surface area contributed by atoms with Crippen LogP contribution < -0.4 is 5.32 Å². The molecule has 0 fully saturated rings. The highest BCUT2D eigenvalue weighted by Crippen LogP contribution is 2.18. The first-order valence-corrected chi connectivity index (χ1v) is 8.97. The quantitative estimate of drug-likeness (QED) is 0.560. The van der Waals surface area contributed by atoms with Crippen LogP contribution in [0.3, 0.4) is 0 Å². The SMILES string of the molecule is O=C(N[C@H](Cc1ccc2ccccc2c1)C(=O)O)c1ccnc2ccccc12. The van der Waals surface area contributed by atoms with E-state index in [2.05, 4.69) is 10.3 Å². The number of carbonyl (C=O) groups is 2. The van der Waals surface area contributed by atoms with E-state index in [1.165, 1.54) is 0 Å². The van der Waals surface area contributed by atoms with Crippen LogP contribution in [0.2, 0.25) is 0 Å². The van der Waals surface area contributed by atoms with Gasteiger partial charge in [-0.1, -0.05) is 60.7 Å². The van der Waals surface area contributed by atoms with E-state index in [0.29, 0.717) is 16.5 Å². The molecule has 1 atom stereocenters. The van der Waals surface area contributed by atoms with Crippen LogP contribution in [0.25, 0.3) is 21.7 Å². The second-order valence-corrected chi connectivity index (χ2v) is 6.63. The first-order chi connectivity index (χ1) is 13.6. The van der Waals surface area contributed by atoms with Crippen molar-refractivity contribution < 1.29 is 14.7 Å². The summed E-state index contributed by atoms with van der Waals surface area (Å²) in [6.07, 6.45) is 1.76. The number of carboxylic acids is 1. The summed E-state index contributed by atoms with van der Waals surface area (Å²) in [5.74, 6) is -1.49. The number of nitrogens with one attached hydrogen (secondary N) is 1. The van der Waals surface area contributed by atoms with Crippen molar-refractivity contribution in [2.45, 2.75) is 12.5 Å². The number of carboxylic acid groups (broad SMARTS) is 1. The topological polar surface area (TPSA) is 79.3 Å². The van der Waals surface area contributed by atoms with E-state index in [9.17, 15) is 14.7 Å². The fourth-order valence-corrected chi connectivity index (χ4v) is 3.33. The van der Waals surface area contributed by atoms with Crippen LogP contribution in [0.15, 0.2) is 79.0 Å². The number of rotatable bonds is 5. The zero-order chi connectivity index (χ0) is 19.5. The molecule has 4 aromatic rings. The Morgan fingerprint density at radius 1 is 0.929 bits per heavy atom. The first-order valence-electron chi connectivity index (χ1n) is 8.97. The van der Waals surface area contributed by atoms with Crippen LogP contribution in [0.4, 0.5) is 0 Å². The molecule has 0 unspecified atom stereocenters. The number of aromatic nitrogens is 1. The summed E-state index contributed by atoms with van der Waals surface area (Å²) in [6.45, 7) is 0. The lowest BCUT2D eigenvalue weighted by atomic mass is 10.0. The Kier molecular flexibility index (Phi) is 4.72. The second kappa shape index (κ2) is 7.48.